The van der Waals surface area contributed by atoms with Gasteiger partial charge in [0.1, 0.15) is 11.6 Å². The summed E-state index contributed by atoms with van der Waals surface area (Å²) >= 11 is 0. The molecular weight excluding hydrogens is 296 g/mol. The Kier molecular flexibility index (Phi) is 5.60. The highest BCUT2D eigenvalue weighted by atomic mass is 16.6. The lowest BCUT2D eigenvalue weighted by atomic mass is 10.1. The van der Waals surface area contributed by atoms with E-state index in [0.29, 0.717) is 26.3 Å². The SMILES string of the molecule is CC(C)(C)OC(=O)NC(C(=O)N1CCOCC1)c1ccccc1. The minimum atomic E-state index is -0.760. The van der Waals surface area contributed by atoms with Gasteiger partial charge in [-0.2, -0.15) is 0 Å². The Balaban J connectivity index is 2.15. The van der Waals surface area contributed by atoms with Crippen LogP contribution in [0.2, 0.25) is 0 Å². The maximum absolute atomic E-state index is 12.8. The smallest absolute Gasteiger partial charge is 0.408 e. The van der Waals surface area contributed by atoms with Gasteiger partial charge in [0.25, 0.3) is 0 Å². The molecule has 1 N–H and O–H groups in total. The largest absolute Gasteiger partial charge is 0.444 e. The van der Waals surface area contributed by atoms with E-state index in [9.17, 15) is 9.59 Å². The Labute approximate surface area is 136 Å². The molecule has 0 radical (unpaired) electrons. The second-order valence-corrected chi connectivity index (χ2v) is 6.43. The molecule has 1 aromatic carbocycles. The molecule has 1 atom stereocenters. The van der Waals surface area contributed by atoms with Gasteiger partial charge in [-0.3, -0.25) is 4.79 Å². The first-order valence-electron chi connectivity index (χ1n) is 7.78. The molecular formula is C17H24N2O4. The number of carbonyl (C=O) groups is 2. The van der Waals surface area contributed by atoms with E-state index < -0.39 is 17.7 Å². The molecule has 1 aliphatic rings. The molecule has 23 heavy (non-hydrogen) atoms. The number of hydrogen-bond acceptors (Lipinski definition) is 4. The Morgan fingerprint density at radius 1 is 1.17 bits per heavy atom. The number of alkyl carbamates (subject to hydrolysis) is 1. The summed E-state index contributed by atoms with van der Waals surface area (Å²) in [6.45, 7) is 7.44. The van der Waals surface area contributed by atoms with Crippen LogP contribution in [0.1, 0.15) is 32.4 Å². The molecule has 1 saturated heterocycles. The third kappa shape index (κ3) is 5.25. The van der Waals surface area contributed by atoms with E-state index in [1.807, 2.05) is 30.3 Å². The van der Waals surface area contributed by atoms with Crippen molar-refractivity contribution < 1.29 is 19.1 Å². The van der Waals surface area contributed by atoms with Crippen molar-refractivity contribution >= 4 is 12.0 Å². The van der Waals surface area contributed by atoms with Crippen LogP contribution in [0, 0.1) is 0 Å². The lowest BCUT2D eigenvalue weighted by molar-refractivity contribution is -0.137. The maximum atomic E-state index is 12.8. The van der Waals surface area contributed by atoms with Crippen LogP contribution in [0.4, 0.5) is 4.79 Å². The predicted molar refractivity (Wildman–Crippen MR) is 86.0 cm³/mol. The first-order chi connectivity index (χ1) is 10.9. The number of rotatable bonds is 3. The van der Waals surface area contributed by atoms with Crippen LogP contribution >= 0.6 is 0 Å². The lowest BCUT2D eigenvalue weighted by Gasteiger charge is -2.31. The molecule has 1 aromatic rings. The summed E-state index contributed by atoms with van der Waals surface area (Å²) in [5, 5.41) is 2.69. The van der Waals surface area contributed by atoms with Crippen molar-refractivity contribution in [3.05, 3.63) is 35.9 Å². The van der Waals surface area contributed by atoms with Crippen molar-refractivity contribution in [2.75, 3.05) is 26.3 Å². The van der Waals surface area contributed by atoms with Crippen molar-refractivity contribution in [3.63, 3.8) is 0 Å². The van der Waals surface area contributed by atoms with E-state index in [0.717, 1.165) is 5.56 Å². The Hall–Kier alpha value is -2.08. The topological polar surface area (TPSA) is 67.9 Å². The van der Waals surface area contributed by atoms with E-state index in [1.165, 1.54) is 0 Å². The summed E-state index contributed by atoms with van der Waals surface area (Å²) < 4.78 is 10.6. The Morgan fingerprint density at radius 2 is 1.78 bits per heavy atom. The average molecular weight is 320 g/mol. The van der Waals surface area contributed by atoms with Gasteiger partial charge in [-0.15, -0.1) is 0 Å². The molecule has 0 aromatic heterocycles. The monoisotopic (exact) mass is 320 g/mol. The summed E-state index contributed by atoms with van der Waals surface area (Å²) in [6, 6.07) is 8.43. The molecule has 0 spiro atoms. The molecule has 1 heterocycles. The first kappa shape index (κ1) is 17.3. The fraction of sp³-hybridized carbons (Fsp3) is 0.529. The second-order valence-electron chi connectivity index (χ2n) is 6.43. The Bertz CT molecular complexity index is 533. The molecule has 1 unspecified atom stereocenters. The van der Waals surface area contributed by atoms with Crippen molar-refractivity contribution in [2.24, 2.45) is 0 Å². The average Bonchev–Trinajstić information content (AvgIpc) is 2.52. The van der Waals surface area contributed by atoms with Crippen LogP contribution in [-0.4, -0.2) is 48.8 Å². The van der Waals surface area contributed by atoms with E-state index in [2.05, 4.69) is 5.32 Å². The van der Waals surface area contributed by atoms with Crippen LogP contribution in [0.15, 0.2) is 30.3 Å². The molecule has 0 bridgehead atoms. The Morgan fingerprint density at radius 3 is 2.35 bits per heavy atom. The van der Waals surface area contributed by atoms with Gasteiger partial charge in [0, 0.05) is 13.1 Å². The van der Waals surface area contributed by atoms with Gasteiger partial charge in [-0.25, -0.2) is 4.79 Å². The highest BCUT2D eigenvalue weighted by Crippen LogP contribution is 2.18. The number of morpholine rings is 1. The maximum Gasteiger partial charge on any atom is 0.408 e. The molecule has 6 nitrogen and oxygen atoms in total. The number of nitrogens with zero attached hydrogens (tertiary/aromatic N) is 1. The van der Waals surface area contributed by atoms with Crippen LogP contribution < -0.4 is 5.32 Å². The minimum absolute atomic E-state index is 0.148. The second kappa shape index (κ2) is 7.46. The summed E-state index contributed by atoms with van der Waals surface area (Å²) in [5.41, 5.74) is 0.114. The molecule has 126 valence electrons. The van der Waals surface area contributed by atoms with Crippen molar-refractivity contribution in [1.29, 1.82) is 0 Å². The van der Waals surface area contributed by atoms with Gasteiger partial charge < -0.3 is 19.7 Å². The van der Waals surface area contributed by atoms with Gasteiger partial charge in [-0.05, 0) is 26.3 Å². The summed E-state index contributed by atoms with van der Waals surface area (Å²) in [7, 11) is 0. The van der Waals surface area contributed by atoms with Crippen molar-refractivity contribution in [3.8, 4) is 0 Å². The summed E-state index contributed by atoms with van der Waals surface area (Å²) in [5.74, 6) is -0.148. The van der Waals surface area contributed by atoms with Crippen LogP contribution in [-0.2, 0) is 14.3 Å². The first-order valence-corrected chi connectivity index (χ1v) is 7.78. The number of ether oxygens (including phenoxy) is 2. The standard InChI is InChI=1S/C17H24N2O4/c1-17(2,3)23-16(21)18-14(13-7-5-4-6-8-13)15(20)19-9-11-22-12-10-19/h4-8,14H,9-12H2,1-3H3,(H,18,21). The zero-order valence-corrected chi connectivity index (χ0v) is 13.9. The number of benzene rings is 1. The van der Waals surface area contributed by atoms with Gasteiger partial charge in [0.15, 0.2) is 0 Å². The predicted octanol–water partition coefficient (Wildman–Crippen LogP) is 2.11. The summed E-state index contributed by atoms with van der Waals surface area (Å²) in [4.78, 5) is 26.6. The lowest BCUT2D eigenvalue weighted by Crippen LogP contribution is -2.48. The van der Waals surface area contributed by atoms with E-state index in [-0.39, 0.29) is 5.91 Å². The molecule has 0 saturated carbocycles. The molecule has 0 aliphatic carbocycles. The fourth-order valence-electron chi connectivity index (χ4n) is 2.32. The fourth-order valence-corrected chi connectivity index (χ4v) is 2.32. The normalized spacial score (nSPS) is 16.6. The quantitative estimate of drug-likeness (QED) is 0.926. The number of amides is 2. The highest BCUT2D eigenvalue weighted by Gasteiger charge is 2.30. The van der Waals surface area contributed by atoms with E-state index >= 15 is 0 Å². The molecule has 6 heteroatoms. The molecule has 1 aliphatic heterocycles. The van der Waals surface area contributed by atoms with Crippen LogP contribution in [0.25, 0.3) is 0 Å². The minimum Gasteiger partial charge on any atom is -0.444 e. The van der Waals surface area contributed by atoms with Gasteiger partial charge in [0.05, 0.1) is 13.2 Å². The van der Waals surface area contributed by atoms with E-state index in [4.69, 9.17) is 9.47 Å². The molecule has 1 fully saturated rings. The summed E-state index contributed by atoms with van der Waals surface area (Å²) in [6.07, 6.45) is -0.604. The zero-order valence-electron chi connectivity index (χ0n) is 13.9. The number of carbonyl (C=O) groups excluding carboxylic acids is 2. The van der Waals surface area contributed by atoms with Crippen LogP contribution in [0.5, 0.6) is 0 Å². The van der Waals surface area contributed by atoms with Gasteiger partial charge >= 0.3 is 6.09 Å². The van der Waals surface area contributed by atoms with Gasteiger partial charge in [0.2, 0.25) is 5.91 Å². The number of nitrogens with one attached hydrogen (secondary N) is 1. The highest BCUT2D eigenvalue weighted by molar-refractivity contribution is 5.87. The van der Waals surface area contributed by atoms with Crippen molar-refractivity contribution in [2.45, 2.75) is 32.4 Å². The van der Waals surface area contributed by atoms with Crippen molar-refractivity contribution in [1.82, 2.24) is 10.2 Å². The van der Waals surface area contributed by atoms with Crippen LogP contribution in [0.3, 0.4) is 0 Å². The molecule has 2 rings (SSSR count). The number of hydrogen-bond donors (Lipinski definition) is 1. The zero-order chi connectivity index (χ0) is 16.9. The molecule has 2 amide bonds. The van der Waals surface area contributed by atoms with Gasteiger partial charge in [-0.1, -0.05) is 30.3 Å². The van der Waals surface area contributed by atoms with E-state index in [1.54, 1.807) is 25.7 Å². The third-order valence-electron chi connectivity index (χ3n) is 3.36. The third-order valence-corrected chi connectivity index (χ3v) is 3.36.